The van der Waals surface area contributed by atoms with Crippen molar-refractivity contribution in [3.8, 4) is 0 Å². The molecule has 1 heterocycles. The summed E-state index contributed by atoms with van der Waals surface area (Å²) in [5.74, 6) is -2.06. The topological polar surface area (TPSA) is 125 Å². The molecule has 0 aromatic rings. The number of hydrogen-bond acceptors (Lipinski definition) is 4. The highest BCUT2D eigenvalue weighted by molar-refractivity contribution is 5.87. The Bertz CT molecular complexity index is 374. The SMILES string of the molecule is CN1CCCCC1CNC(=O)NC(CC(N)=O)C(=O)O. The zero-order valence-corrected chi connectivity index (χ0v) is 11.6. The minimum Gasteiger partial charge on any atom is -0.480 e. The molecule has 8 nitrogen and oxygen atoms in total. The van der Waals surface area contributed by atoms with Crippen LogP contribution in [0.2, 0.25) is 0 Å². The van der Waals surface area contributed by atoms with Crippen molar-refractivity contribution in [2.24, 2.45) is 5.73 Å². The summed E-state index contributed by atoms with van der Waals surface area (Å²) >= 11 is 0. The molecule has 114 valence electrons. The third-order valence-corrected chi connectivity index (χ3v) is 3.43. The molecule has 1 saturated heterocycles. The predicted octanol–water partition coefficient (Wildman–Crippen LogP) is -0.901. The van der Waals surface area contributed by atoms with Crippen LogP contribution in [0.15, 0.2) is 0 Å². The van der Waals surface area contributed by atoms with E-state index in [9.17, 15) is 14.4 Å². The first-order valence-electron chi connectivity index (χ1n) is 6.66. The fourth-order valence-corrected chi connectivity index (χ4v) is 2.22. The molecule has 0 radical (unpaired) electrons. The van der Waals surface area contributed by atoms with E-state index in [0.29, 0.717) is 6.54 Å². The van der Waals surface area contributed by atoms with E-state index < -0.39 is 30.4 Å². The van der Waals surface area contributed by atoms with Crippen molar-refractivity contribution in [2.75, 3.05) is 20.1 Å². The van der Waals surface area contributed by atoms with Gasteiger partial charge in [0.15, 0.2) is 0 Å². The average molecular weight is 286 g/mol. The number of likely N-dealkylation sites (N-methyl/N-ethyl adjacent to an activating group) is 1. The molecule has 0 aromatic heterocycles. The second-order valence-corrected chi connectivity index (χ2v) is 5.05. The molecule has 0 saturated carbocycles. The highest BCUT2D eigenvalue weighted by Crippen LogP contribution is 2.13. The summed E-state index contributed by atoms with van der Waals surface area (Å²) in [5, 5.41) is 13.7. The van der Waals surface area contributed by atoms with E-state index in [1.54, 1.807) is 0 Å². The number of rotatable bonds is 6. The molecule has 2 atom stereocenters. The van der Waals surface area contributed by atoms with E-state index >= 15 is 0 Å². The molecule has 5 N–H and O–H groups in total. The van der Waals surface area contributed by atoms with Gasteiger partial charge in [0.1, 0.15) is 6.04 Å². The van der Waals surface area contributed by atoms with Crippen molar-refractivity contribution < 1.29 is 19.5 Å². The van der Waals surface area contributed by atoms with Crippen LogP contribution in [0.3, 0.4) is 0 Å². The Morgan fingerprint density at radius 1 is 1.40 bits per heavy atom. The van der Waals surface area contributed by atoms with Crippen molar-refractivity contribution in [1.29, 1.82) is 0 Å². The number of likely N-dealkylation sites (tertiary alicyclic amines) is 1. The van der Waals surface area contributed by atoms with Gasteiger partial charge in [-0.3, -0.25) is 4.79 Å². The zero-order valence-electron chi connectivity index (χ0n) is 11.6. The van der Waals surface area contributed by atoms with Gasteiger partial charge in [0.05, 0.1) is 6.42 Å². The van der Waals surface area contributed by atoms with E-state index in [4.69, 9.17) is 10.8 Å². The van der Waals surface area contributed by atoms with Crippen LogP contribution in [0.1, 0.15) is 25.7 Å². The standard InChI is InChI=1S/C12H22N4O4/c1-16-5-3-2-4-8(16)7-14-12(20)15-9(11(18)19)6-10(13)17/h8-9H,2-7H2,1H3,(H2,13,17)(H,18,19)(H2,14,15,20). The number of amides is 3. The molecule has 1 aliphatic heterocycles. The van der Waals surface area contributed by atoms with Gasteiger partial charge >= 0.3 is 12.0 Å². The van der Waals surface area contributed by atoms with Crippen LogP contribution in [-0.2, 0) is 9.59 Å². The third-order valence-electron chi connectivity index (χ3n) is 3.43. The molecule has 0 aromatic carbocycles. The van der Waals surface area contributed by atoms with Crippen molar-refractivity contribution in [2.45, 2.75) is 37.8 Å². The number of primary amides is 1. The summed E-state index contributed by atoms with van der Waals surface area (Å²) in [6.45, 7) is 1.44. The number of nitrogens with one attached hydrogen (secondary N) is 2. The van der Waals surface area contributed by atoms with Crippen LogP contribution in [0.25, 0.3) is 0 Å². The summed E-state index contributed by atoms with van der Waals surface area (Å²) in [7, 11) is 2.00. The fraction of sp³-hybridized carbons (Fsp3) is 0.750. The smallest absolute Gasteiger partial charge is 0.326 e. The minimum atomic E-state index is -1.29. The summed E-state index contributed by atoms with van der Waals surface area (Å²) in [4.78, 5) is 35.4. The summed E-state index contributed by atoms with van der Waals surface area (Å²) in [6.07, 6.45) is 2.85. The quantitative estimate of drug-likeness (QED) is 0.503. The summed E-state index contributed by atoms with van der Waals surface area (Å²) in [5.41, 5.74) is 4.94. The van der Waals surface area contributed by atoms with Gasteiger partial charge in [-0.05, 0) is 26.4 Å². The zero-order chi connectivity index (χ0) is 15.1. The number of nitrogens with zero attached hydrogens (tertiary/aromatic N) is 1. The van der Waals surface area contributed by atoms with Gasteiger partial charge in [0, 0.05) is 12.6 Å². The molecule has 0 aliphatic carbocycles. The van der Waals surface area contributed by atoms with E-state index in [1.807, 2.05) is 7.05 Å². The second-order valence-electron chi connectivity index (χ2n) is 5.05. The van der Waals surface area contributed by atoms with Crippen LogP contribution >= 0.6 is 0 Å². The first-order chi connectivity index (χ1) is 9.40. The number of carboxylic acids is 1. The van der Waals surface area contributed by atoms with Crippen LogP contribution < -0.4 is 16.4 Å². The largest absolute Gasteiger partial charge is 0.480 e. The van der Waals surface area contributed by atoms with E-state index in [0.717, 1.165) is 25.8 Å². The lowest BCUT2D eigenvalue weighted by atomic mass is 10.0. The molecule has 1 aliphatic rings. The Morgan fingerprint density at radius 3 is 2.65 bits per heavy atom. The number of nitrogens with two attached hydrogens (primary N) is 1. The van der Waals surface area contributed by atoms with Gasteiger partial charge in [0.2, 0.25) is 5.91 Å². The third kappa shape index (κ3) is 5.43. The Hall–Kier alpha value is -1.83. The van der Waals surface area contributed by atoms with Crippen LogP contribution in [-0.4, -0.2) is 60.1 Å². The Morgan fingerprint density at radius 2 is 2.10 bits per heavy atom. The maximum atomic E-state index is 11.6. The molecule has 20 heavy (non-hydrogen) atoms. The molecule has 1 fully saturated rings. The van der Waals surface area contributed by atoms with Gasteiger partial charge in [-0.2, -0.15) is 0 Å². The maximum Gasteiger partial charge on any atom is 0.326 e. The fourth-order valence-electron chi connectivity index (χ4n) is 2.22. The predicted molar refractivity (Wildman–Crippen MR) is 72.0 cm³/mol. The number of carbonyl (C=O) groups excluding carboxylic acids is 2. The van der Waals surface area contributed by atoms with Crippen LogP contribution in [0.4, 0.5) is 4.79 Å². The number of carboxylic acid groups (broad SMARTS) is 1. The molecule has 0 bridgehead atoms. The normalized spacial score (nSPS) is 20.9. The molecular formula is C12H22N4O4. The van der Waals surface area contributed by atoms with Crippen LogP contribution in [0, 0.1) is 0 Å². The molecule has 2 unspecified atom stereocenters. The highest BCUT2D eigenvalue weighted by atomic mass is 16.4. The Kier molecular flexibility index (Phi) is 6.23. The number of hydrogen-bond donors (Lipinski definition) is 4. The van der Waals surface area contributed by atoms with Gasteiger partial charge in [-0.25, -0.2) is 9.59 Å². The molecular weight excluding hydrogens is 264 g/mol. The molecule has 8 heteroatoms. The minimum absolute atomic E-state index is 0.258. The number of carbonyl (C=O) groups is 3. The lowest BCUT2D eigenvalue weighted by Crippen LogP contribution is -2.51. The van der Waals surface area contributed by atoms with E-state index in [-0.39, 0.29) is 6.04 Å². The first-order valence-corrected chi connectivity index (χ1v) is 6.66. The van der Waals surface area contributed by atoms with Gasteiger partial charge < -0.3 is 26.4 Å². The highest BCUT2D eigenvalue weighted by Gasteiger charge is 2.23. The van der Waals surface area contributed by atoms with Crippen molar-refractivity contribution in [3.63, 3.8) is 0 Å². The number of piperidine rings is 1. The average Bonchev–Trinajstić information content (AvgIpc) is 2.36. The van der Waals surface area contributed by atoms with Gasteiger partial charge in [-0.1, -0.05) is 6.42 Å². The van der Waals surface area contributed by atoms with Gasteiger partial charge in [0.25, 0.3) is 0 Å². The Labute approximate surface area is 117 Å². The lowest BCUT2D eigenvalue weighted by Gasteiger charge is -2.32. The first kappa shape index (κ1) is 16.2. The summed E-state index contributed by atoms with van der Waals surface area (Å²) < 4.78 is 0. The lowest BCUT2D eigenvalue weighted by molar-refractivity contribution is -0.140. The van der Waals surface area contributed by atoms with Crippen molar-refractivity contribution >= 4 is 17.9 Å². The van der Waals surface area contributed by atoms with Crippen LogP contribution in [0.5, 0.6) is 0 Å². The Balaban J connectivity index is 2.37. The van der Waals surface area contributed by atoms with Gasteiger partial charge in [-0.15, -0.1) is 0 Å². The maximum absolute atomic E-state index is 11.6. The summed E-state index contributed by atoms with van der Waals surface area (Å²) in [6, 6.07) is -1.64. The molecule has 0 spiro atoms. The number of urea groups is 1. The molecule has 1 rings (SSSR count). The van der Waals surface area contributed by atoms with E-state index in [1.165, 1.54) is 0 Å². The van der Waals surface area contributed by atoms with Crippen molar-refractivity contribution in [1.82, 2.24) is 15.5 Å². The second kappa shape index (κ2) is 7.68. The molecule has 3 amide bonds. The van der Waals surface area contributed by atoms with E-state index in [2.05, 4.69) is 15.5 Å². The van der Waals surface area contributed by atoms with Crippen molar-refractivity contribution in [3.05, 3.63) is 0 Å². The number of aliphatic carboxylic acids is 1. The monoisotopic (exact) mass is 286 g/mol.